The average Bonchev–Trinajstić information content (AvgIpc) is 2.72. The van der Waals surface area contributed by atoms with Crippen molar-refractivity contribution < 1.29 is 4.42 Å². The van der Waals surface area contributed by atoms with Gasteiger partial charge in [-0.05, 0) is 25.5 Å². The summed E-state index contributed by atoms with van der Waals surface area (Å²) >= 11 is 0. The van der Waals surface area contributed by atoms with Crippen LogP contribution in [0.4, 0.5) is 0 Å². The first-order valence-electron chi connectivity index (χ1n) is 5.39. The van der Waals surface area contributed by atoms with Crippen LogP contribution in [0, 0.1) is 0 Å². The third-order valence-electron chi connectivity index (χ3n) is 3.65. The molecule has 1 atom stereocenters. The van der Waals surface area contributed by atoms with Gasteiger partial charge in [-0.3, -0.25) is 0 Å². The fourth-order valence-corrected chi connectivity index (χ4v) is 2.49. The zero-order valence-electron chi connectivity index (χ0n) is 9.29. The molecule has 0 radical (unpaired) electrons. The molecule has 0 saturated carbocycles. The highest BCUT2D eigenvalue weighted by atomic mass is 16.3. The molecule has 1 aromatic heterocycles. The van der Waals surface area contributed by atoms with Crippen molar-refractivity contribution in [2.24, 2.45) is 0 Å². The Morgan fingerprint density at radius 1 is 1.13 bits per heavy atom. The van der Waals surface area contributed by atoms with Crippen LogP contribution in [0.25, 0.3) is 16.5 Å². The largest absolute Gasteiger partial charge is 0.456 e. The maximum atomic E-state index is 5.91. The predicted octanol–water partition coefficient (Wildman–Crippen LogP) is 4.34. The van der Waals surface area contributed by atoms with Gasteiger partial charge in [0.15, 0.2) is 0 Å². The second kappa shape index (κ2) is 2.75. The summed E-state index contributed by atoms with van der Waals surface area (Å²) in [6, 6.07) is 8.30. The lowest BCUT2D eigenvalue weighted by atomic mass is 9.98. The molecule has 1 aromatic carbocycles. The van der Waals surface area contributed by atoms with Gasteiger partial charge in [-0.2, -0.15) is 0 Å². The van der Waals surface area contributed by atoms with Gasteiger partial charge in [-0.15, -0.1) is 0 Å². The molecule has 1 heteroatoms. The molecule has 1 nitrogen and oxygen atoms in total. The van der Waals surface area contributed by atoms with Crippen LogP contribution < -0.4 is 0 Å². The van der Waals surface area contributed by atoms with E-state index in [2.05, 4.69) is 32.9 Å². The minimum Gasteiger partial charge on any atom is -0.456 e. The fraction of sp³-hybridized carbons (Fsp3) is 0.286. The highest BCUT2D eigenvalue weighted by molar-refractivity contribution is 5.91. The van der Waals surface area contributed by atoms with Crippen molar-refractivity contribution in [3.05, 3.63) is 41.2 Å². The van der Waals surface area contributed by atoms with Crippen molar-refractivity contribution in [3.63, 3.8) is 0 Å². The van der Waals surface area contributed by atoms with Gasteiger partial charge in [-0.1, -0.05) is 30.7 Å². The van der Waals surface area contributed by atoms with Crippen LogP contribution in [0.3, 0.4) is 0 Å². The number of hydrogen-bond donors (Lipinski definition) is 0. The number of para-hydroxylation sites is 1. The van der Waals surface area contributed by atoms with Crippen molar-refractivity contribution in [1.82, 2.24) is 0 Å². The molecule has 0 aliphatic heterocycles. The molecule has 1 unspecified atom stereocenters. The molecule has 0 fully saturated rings. The van der Waals surface area contributed by atoms with E-state index in [1.165, 1.54) is 22.1 Å². The molecule has 0 amide bonds. The van der Waals surface area contributed by atoms with E-state index >= 15 is 0 Å². The molecule has 0 bridgehead atoms. The number of furan rings is 1. The lowest BCUT2D eigenvalue weighted by molar-refractivity contribution is 0.597. The highest BCUT2D eigenvalue weighted by Crippen LogP contribution is 2.46. The van der Waals surface area contributed by atoms with Crippen LogP contribution in [0.15, 0.2) is 34.3 Å². The van der Waals surface area contributed by atoms with Crippen molar-refractivity contribution in [3.8, 4) is 0 Å². The van der Waals surface area contributed by atoms with E-state index in [1.807, 2.05) is 12.1 Å². The summed E-state index contributed by atoms with van der Waals surface area (Å²) in [4.78, 5) is 0. The Bertz CT molecular complexity index is 572. The van der Waals surface area contributed by atoms with E-state index in [0.717, 1.165) is 11.3 Å². The lowest BCUT2D eigenvalue weighted by Crippen LogP contribution is -1.88. The number of allylic oxidation sites excluding steroid dienone is 2. The summed E-state index contributed by atoms with van der Waals surface area (Å²) in [5.74, 6) is 1.60. The molecule has 0 N–H and O–H groups in total. The Balaban J connectivity index is 2.41. The van der Waals surface area contributed by atoms with Crippen LogP contribution in [-0.4, -0.2) is 0 Å². The van der Waals surface area contributed by atoms with Crippen molar-refractivity contribution >= 4 is 16.5 Å². The van der Waals surface area contributed by atoms with Gasteiger partial charge in [-0.25, -0.2) is 0 Å². The summed E-state index contributed by atoms with van der Waals surface area (Å²) in [5, 5.41) is 1.27. The zero-order valence-corrected chi connectivity index (χ0v) is 9.29. The standard InChI is InChI=1S/C14H14O/c1-8-9(2)13-11-6-4-5-7-12(11)15-14(13)10(8)3/h4-7,9H,1-3H3. The maximum absolute atomic E-state index is 5.91. The Hall–Kier alpha value is -1.50. The second-order valence-electron chi connectivity index (χ2n) is 4.37. The minimum atomic E-state index is 0.503. The number of benzene rings is 1. The van der Waals surface area contributed by atoms with Gasteiger partial charge in [0.1, 0.15) is 11.3 Å². The van der Waals surface area contributed by atoms with Crippen molar-refractivity contribution in [1.29, 1.82) is 0 Å². The Morgan fingerprint density at radius 3 is 2.67 bits per heavy atom. The lowest BCUT2D eigenvalue weighted by Gasteiger charge is -2.04. The van der Waals surface area contributed by atoms with Gasteiger partial charge < -0.3 is 4.42 Å². The quantitative estimate of drug-likeness (QED) is 0.613. The topological polar surface area (TPSA) is 13.1 Å². The number of fused-ring (bicyclic) bond motifs is 3. The van der Waals surface area contributed by atoms with Gasteiger partial charge in [0, 0.05) is 16.9 Å². The number of rotatable bonds is 0. The van der Waals surface area contributed by atoms with Gasteiger partial charge in [0.2, 0.25) is 0 Å². The molecule has 1 aliphatic carbocycles. The molecule has 2 aromatic rings. The molecule has 76 valence electrons. The molecule has 3 rings (SSSR count). The fourth-order valence-electron chi connectivity index (χ4n) is 2.49. The zero-order chi connectivity index (χ0) is 10.6. The third kappa shape index (κ3) is 0.980. The normalized spacial score (nSPS) is 20.1. The van der Waals surface area contributed by atoms with Crippen molar-refractivity contribution in [2.45, 2.75) is 26.7 Å². The maximum Gasteiger partial charge on any atom is 0.135 e. The van der Waals surface area contributed by atoms with Crippen LogP contribution in [-0.2, 0) is 0 Å². The van der Waals surface area contributed by atoms with E-state index < -0.39 is 0 Å². The second-order valence-corrected chi connectivity index (χ2v) is 4.37. The third-order valence-corrected chi connectivity index (χ3v) is 3.65. The first-order valence-corrected chi connectivity index (χ1v) is 5.39. The number of hydrogen-bond acceptors (Lipinski definition) is 1. The summed E-state index contributed by atoms with van der Waals surface area (Å²) in [5.41, 5.74) is 5.14. The predicted molar refractivity (Wildman–Crippen MR) is 62.9 cm³/mol. The first-order chi connectivity index (χ1) is 7.20. The monoisotopic (exact) mass is 198 g/mol. The smallest absolute Gasteiger partial charge is 0.135 e. The molecular formula is C14H14O. The summed E-state index contributed by atoms with van der Waals surface area (Å²) in [7, 11) is 0. The van der Waals surface area contributed by atoms with Crippen LogP contribution in [0.2, 0.25) is 0 Å². The minimum absolute atomic E-state index is 0.503. The SMILES string of the molecule is CC1=C(C)C(C)c2c1oc1ccccc21. The van der Waals surface area contributed by atoms with Crippen LogP contribution >= 0.6 is 0 Å². The molecule has 0 spiro atoms. The molecule has 1 aliphatic rings. The van der Waals surface area contributed by atoms with Gasteiger partial charge in [0.05, 0.1) is 0 Å². The summed E-state index contributed by atoms with van der Waals surface area (Å²) < 4.78 is 5.91. The molecule has 15 heavy (non-hydrogen) atoms. The van der Waals surface area contributed by atoms with Gasteiger partial charge in [0.25, 0.3) is 0 Å². The van der Waals surface area contributed by atoms with Crippen LogP contribution in [0.5, 0.6) is 0 Å². The Labute approximate surface area is 89.4 Å². The van der Waals surface area contributed by atoms with E-state index in [0.29, 0.717) is 5.92 Å². The Morgan fingerprint density at radius 2 is 1.87 bits per heavy atom. The Kier molecular flexibility index (Phi) is 1.61. The molecule has 0 saturated heterocycles. The van der Waals surface area contributed by atoms with Crippen LogP contribution in [0.1, 0.15) is 38.0 Å². The average molecular weight is 198 g/mol. The van der Waals surface area contributed by atoms with E-state index in [-0.39, 0.29) is 0 Å². The van der Waals surface area contributed by atoms with Crippen molar-refractivity contribution in [2.75, 3.05) is 0 Å². The highest BCUT2D eigenvalue weighted by Gasteiger charge is 2.28. The molecule has 1 heterocycles. The first kappa shape index (κ1) is 8.78. The molecular weight excluding hydrogens is 184 g/mol. The van der Waals surface area contributed by atoms with E-state index in [9.17, 15) is 0 Å². The van der Waals surface area contributed by atoms with E-state index in [4.69, 9.17) is 4.42 Å². The van der Waals surface area contributed by atoms with E-state index in [1.54, 1.807) is 0 Å². The summed E-state index contributed by atoms with van der Waals surface area (Å²) in [6.07, 6.45) is 0. The van der Waals surface area contributed by atoms with Gasteiger partial charge >= 0.3 is 0 Å². The summed E-state index contributed by atoms with van der Waals surface area (Å²) in [6.45, 7) is 6.61.